The van der Waals surface area contributed by atoms with Crippen molar-refractivity contribution >= 4 is 11.8 Å². The number of aromatic nitrogens is 1. The molecule has 1 fully saturated rings. The van der Waals surface area contributed by atoms with Crippen molar-refractivity contribution in [3.63, 3.8) is 0 Å². The first-order valence-electron chi connectivity index (χ1n) is 11.2. The second-order valence-corrected chi connectivity index (χ2v) is 8.31. The summed E-state index contributed by atoms with van der Waals surface area (Å²) in [5.74, 6) is -0.911. The summed E-state index contributed by atoms with van der Waals surface area (Å²) >= 11 is 0. The Morgan fingerprint density at radius 2 is 1.48 bits per heavy atom. The molecule has 1 saturated heterocycles. The van der Waals surface area contributed by atoms with Gasteiger partial charge in [0.05, 0.1) is 0 Å². The van der Waals surface area contributed by atoms with Gasteiger partial charge in [0.15, 0.2) is 0 Å². The molecule has 2 heterocycles. The molecule has 7 heteroatoms. The van der Waals surface area contributed by atoms with Gasteiger partial charge in [0.2, 0.25) is 0 Å². The number of nitrogens with zero attached hydrogens (tertiary/aromatic N) is 3. The lowest BCUT2D eigenvalue weighted by Gasteiger charge is -2.36. The SMILES string of the molecule is O=C(O)c1cccnc1N1CCN(CCCC(c2ccc(F)cc2)c2ccc(F)cc2)CC1. The third kappa shape index (κ3) is 5.73. The summed E-state index contributed by atoms with van der Waals surface area (Å²) in [7, 11) is 0. The molecule has 4 rings (SSSR count). The molecule has 0 bridgehead atoms. The maximum Gasteiger partial charge on any atom is 0.339 e. The van der Waals surface area contributed by atoms with Crippen LogP contribution in [0.1, 0.15) is 40.2 Å². The van der Waals surface area contributed by atoms with Crippen LogP contribution in [0.25, 0.3) is 0 Å². The molecule has 0 unspecified atom stereocenters. The molecule has 5 nitrogen and oxygen atoms in total. The van der Waals surface area contributed by atoms with E-state index in [2.05, 4.69) is 9.88 Å². The molecule has 1 aliphatic heterocycles. The summed E-state index contributed by atoms with van der Waals surface area (Å²) in [6.45, 7) is 3.99. The number of carbonyl (C=O) groups is 1. The van der Waals surface area contributed by atoms with Gasteiger partial charge in [-0.25, -0.2) is 18.6 Å². The van der Waals surface area contributed by atoms with Gasteiger partial charge in [-0.1, -0.05) is 24.3 Å². The van der Waals surface area contributed by atoms with E-state index in [9.17, 15) is 18.7 Å². The van der Waals surface area contributed by atoms with E-state index < -0.39 is 5.97 Å². The topological polar surface area (TPSA) is 56.7 Å². The van der Waals surface area contributed by atoms with E-state index in [1.165, 1.54) is 24.3 Å². The lowest BCUT2D eigenvalue weighted by Crippen LogP contribution is -2.47. The van der Waals surface area contributed by atoms with Crippen LogP contribution in [0.5, 0.6) is 0 Å². The molecule has 0 saturated carbocycles. The lowest BCUT2D eigenvalue weighted by molar-refractivity contribution is 0.0697. The van der Waals surface area contributed by atoms with Crippen molar-refractivity contribution in [2.45, 2.75) is 18.8 Å². The molecule has 2 aromatic carbocycles. The normalized spacial score (nSPS) is 14.6. The van der Waals surface area contributed by atoms with Crippen molar-refractivity contribution in [3.05, 3.63) is 95.2 Å². The number of pyridine rings is 1. The van der Waals surface area contributed by atoms with E-state index in [1.54, 1.807) is 42.6 Å². The van der Waals surface area contributed by atoms with Gasteiger partial charge in [0.1, 0.15) is 23.0 Å². The van der Waals surface area contributed by atoms with Gasteiger partial charge >= 0.3 is 5.97 Å². The number of carboxylic acids is 1. The lowest BCUT2D eigenvalue weighted by atomic mass is 9.87. The molecule has 0 spiro atoms. The number of rotatable bonds is 8. The van der Waals surface area contributed by atoms with E-state index in [0.717, 1.165) is 56.7 Å². The second kappa shape index (κ2) is 10.5. The molecule has 33 heavy (non-hydrogen) atoms. The number of benzene rings is 2. The predicted molar refractivity (Wildman–Crippen MR) is 124 cm³/mol. The van der Waals surface area contributed by atoms with Crippen LogP contribution in [0, 0.1) is 11.6 Å². The van der Waals surface area contributed by atoms with Crippen molar-refractivity contribution in [3.8, 4) is 0 Å². The minimum atomic E-state index is -0.965. The van der Waals surface area contributed by atoms with Gasteiger partial charge in [-0.3, -0.25) is 4.90 Å². The van der Waals surface area contributed by atoms with E-state index >= 15 is 0 Å². The van der Waals surface area contributed by atoms with E-state index in [0.29, 0.717) is 5.82 Å². The van der Waals surface area contributed by atoms with Crippen LogP contribution >= 0.6 is 0 Å². The highest BCUT2D eigenvalue weighted by atomic mass is 19.1. The average molecular weight is 452 g/mol. The highest BCUT2D eigenvalue weighted by Gasteiger charge is 2.22. The Bertz CT molecular complexity index is 1020. The number of aromatic carboxylic acids is 1. The number of piperazine rings is 1. The Hall–Kier alpha value is -3.32. The largest absolute Gasteiger partial charge is 0.478 e. The van der Waals surface area contributed by atoms with Gasteiger partial charge in [0.25, 0.3) is 0 Å². The number of anilines is 1. The van der Waals surface area contributed by atoms with Crippen LogP contribution in [0.3, 0.4) is 0 Å². The summed E-state index contributed by atoms with van der Waals surface area (Å²) in [6, 6.07) is 16.3. The first-order valence-corrected chi connectivity index (χ1v) is 11.2. The highest BCUT2D eigenvalue weighted by molar-refractivity contribution is 5.93. The summed E-state index contributed by atoms with van der Waals surface area (Å²) < 4.78 is 26.9. The number of carboxylic acid groups (broad SMARTS) is 1. The Morgan fingerprint density at radius 3 is 2.03 bits per heavy atom. The van der Waals surface area contributed by atoms with Gasteiger partial charge in [0, 0.05) is 38.3 Å². The third-order valence-corrected chi connectivity index (χ3v) is 6.20. The minimum absolute atomic E-state index is 0.0686. The molecular formula is C26H27F2N3O2. The number of halogens is 2. The fraction of sp³-hybridized carbons (Fsp3) is 0.308. The quantitative estimate of drug-likeness (QED) is 0.534. The van der Waals surface area contributed by atoms with Crippen molar-refractivity contribution < 1.29 is 18.7 Å². The fourth-order valence-corrected chi connectivity index (χ4v) is 4.43. The van der Waals surface area contributed by atoms with Crippen molar-refractivity contribution in [2.24, 2.45) is 0 Å². The van der Waals surface area contributed by atoms with Crippen molar-refractivity contribution in [2.75, 3.05) is 37.6 Å². The molecule has 0 aliphatic carbocycles. The monoisotopic (exact) mass is 451 g/mol. The fourth-order valence-electron chi connectivity index (χ4n) is 4.43. The standard InChI is InChI=1S/C26H27F2N3O2/c27-21-9-5-19(6-10-21)23(20-7-11-22(28)12-8-20)4-2-14-30-15-17-31(18-16-30)25-24(26(32)33)3-1-13-29-25/h1,3,5-13,23H,2,4,14-18H2,(H,32,33). The summed E-state index contributed by atoms with van der Waals surface area (Å²) in [6.07, 6.45) is 3.42. The zero-order valence-electron chi connectivity index (χ0n) is 18.3. The number of hydrogen-bond acceptors (Lipinski definition) is 4. The average Bonchev–Trinajstić information content (AvgIpc) is 2.84. The summed E-state index contributed by atoms with van der Waals surface area (Å²) in [5.41, 5.74) is 2.26. The smallest absolute Gasteiger partial charge is 0.339 e. The minimum Gasteiger partial charge on any atom is -0.478 e. The zero-order valence-corrected chi connectivity index (χ0v) is 18.3. The van der Waals surface area contributed by atoms with Crippen LogP contribution < -0.4 is 4.90 Å². The van der Waals surface area contributed by atoms with Gasteiger partial charge in [-0.15, -0.1) is 0 Å². The van der Waals surface area contributed by atoms with Crippen LogP contribution in [0.2, 0.25) is 0 Å². The number of hydrogen-bond donors (Lipinski definition) is 1. The molecule has 0 amide bonds. The molecule has 0 atom stereocenters. The maximum atomic E-state index is 13.4. The molecule has 172 valence electrons. The first kappa shape index (κ1) is 22.9. The molecular weight excluding hydrogens is 424 g/mol. The van der Waals surface area contributed by atoms with Crippen LogP contribution in [-0.4, -0.2) is 53.7 Å². The van der Waals surface area contributed by atoms with Crippen LogP contribution in [0.15, 0.2) is 66.9 Å². The Balaban J connectivity index is 1.35. The van der Waals surface area contributed by atoms with E-state index in [-0.39, 0.29) is 23.1 Å². The molecule has 3 aromatic rings. The van der Waals surface area contributed by atoms with E-state index in [1.807, 2.05) is 4.90 Å². The molecule has 1 aliphatic rings. The summed E-state index contributed by atoms with van der Waals surface area (Å²) in [4.78, 5) is 20.2. The maximum absolute atomic E-state index is 13.4. The van der Waals surface area contributed by atoms with Gasteiger partial charge in [-0.2, -0.15) is 0 Å². The van der Waals surface area contributed by atoms with Crippen molar-refractivity contribution in [1.82, 2.24) is 9.88 Å². The Labute approximate surface area is 192 Å². The van der Waals surface area contributed by atoms with Crippen molar-refractivity contribution in [1.29, 1.82) is 0 Å². The molecule has 1 aromatic heterocycles. The predicted octanol–water partition coefficient (Wildman–Crippen LogP) is 4.79. The zero-order chi connectivity index (χ0) is 23.2. The van der Waals surface area contributed by atoms with E-state index in [4.69, 9.17) is 0 Å². The Morgan fingerprint density at radius 1 is 0.909 bits per heavy atom. The first-order chi connectivity index (χ1) is 16.0. The summed E-state index contributed by atoms with van der Waals surface area (Å²) in [5, 5.41) is 9.42. The second-order valence-electron chi connectivity index (χ2n) is 8.31. The van der Waals surface area contributed by atoms with Gasteiger partial charge in [-0.05, 0) is 66.9 Å². The van der Waals surface area contributed by atoms with Crippen LogP contribution in [-0.2, 0) is 0 Å². The Kier molecular flexibility index (Phi) is 7.29. The van der Waals surface area contributed by atoms with Crippen LogP contribution in [0.4, 0.5) is 14.6 Å². The third-order valence-electron chi connectivity index (χ3n) is 6.20. The molecule has 0 radical (unpaired) electrons. The molecule has 1 N–H and O–H groups in total. The van der Waals surface area contributed by atoms with Gasteiger partial charge < -0.3 is 10.0 Å². The highest BCUT2D eigenvalue weighted by Crippen LogP contribution is 2.30.